The van der Waals surface area contributed by atoms with Gasteiger partial charge in [-0.15, -0.1) is 0 Å². The lowest BCUT2D eigenvalue weighted by Gasteiger charge is -2.22. The maximum Gasteiger partial charge on any atom is 0.0527 e. The van der Waals surface area contributed by atoms with E-state index in [0.717, 1.165) is 0 Å². The van der Waals surface area contributed by atoms with E-state index in [2.05, 4.69) is 65.4 Å². The number of hydrogen-bond acceptors (Lipinski definition) is 1. The number of rotatable bonds is 5. The van der Waals surface area contributed by atoms with E-state index in [1.165, 1.54) is 11.1 Å². The largest absolute Gasteiger partial charge is 0.297 e. The van der Waals surface area contributed by atoms with Gasteiger partial charge in [-0.25, -0.2) is 0 Å². The van der Waals surface area contributed by atoms with Gasteiger partial charge in [-0.05, 0) is 39.3 Å². The molecule has 0 rings (SSSR count). The van der Waals surface area contributed by atoms with Crippen LogP contribution in [-0.2, 0) is 0 Å². The van der Waals surface area contributed by atoms with Crippen molar-refractivity contribution in [3.05, 3.63) is 23.3 Å². The molecule has 1 nitrogen and oxygen atoms in total. The molecule has 0 aromatic heterocycles. The molecule has 0 saturated carbocycles. The molecule has 0 fully saturated rings. The lowest BCUT2D eigenvalue weighted by atomic mass is 9.86. The highest BCUT2D eigenvalue weighted by Gasteiger charge is 2.16. The molecule has 0 N–H and O–H groups in total. The van der Waals surface area contributed by atoms with Crippen molar-refractivity contribution >= 4 is 6.72 Å². The summed E-state index contributed by atoms with van der Waals surface area (Å²) >= 11 is 0. The Labute approximate surface area is 95.0 Å². The fourth-order valence-electron chi connectivity index (χ4n) is 1.57. The quantitative estimate of drug-likeness (QED) is 0.472. The average Bonchev–Trinajstić information content (AvgIpc) is 2.15. The average molecular weight is 207 g/mol. The number of nitrogens with zero attached hydrogens (tertiary/aromatic N) is 1. The van der Waals surface area contributed by atoms with Gasteiger partial charge in [0.15, 0.2) is 0 Å². The van der Waals surface area contributed by atoms with Gasteiger partial charge in [0.1, 0.15) is 0 Å². The highest BCUT2D eigenvalue weighted by Crippen LogP contribution is 2.24. The Kier molecular flexibility index (Phi) is 6.23. The maximum atomic E-state index is 4.11. The fourth-order valence-corrected chi connectivity index (χ4v) is 1.57. The minimum absolute atomic E-state index is 0.296. The van der Waals surface area contributed by atoms with Gasteiger partial charge < -0.3 is 0 Å². The molecule has 0 heterocycles. The molecule has 86 valence electrons. The van der Waals surface area contributed by atoms with Crippen LogP contribution in [0.4, 0.5) is 0 Å². The van der Waals surface area contributed by atoms with Crippen LogP contribution in [0, 0.1) is 11.8 Å². The van der Waals surface area contributed by atoms with E-state index in [1.54, 1.807) is 0 Å². The predicted molar refractivity (Wildman–Crippen MR) is 70.5 cm³/mol. The molecule has 0 radical (unpaired) electrons. The smallest absolute Gasteiger partial charge is 0.0527 e. The van der Waals surface area contributed by atoms with Crippen molar-refractivity contribution in [2.24, 2.45) is 16.8 Å². The molecule has 0 aliphatic rings. The van der Waals surface area contributed by atoms with Crippen molar-refractivity contribution in [3.63, 3.8) is 0 Å². The number of aliphatic imine (C=N–C) groups is 1. The summed E-state index contributed by atoms with van der Waals surface area (Å²) in [5, 5.41) is 0. The molecule has 15 heavy (non-hydrogen) atoms. The van der Waals surface area contributed by atoms with Crippen LogP contribution < -0.4 is 0 Å². The first kappa shape index (κ1) is 14.2. The maximum absolute atomic E-state index is 4.11. The molecule has 1 heteroatoms. The summed E-state index contributed by atoms with van der Waals surface area (Å²) in [5.74, 6) is 1.04. The van der Waals surface area contributed by atoms with Crippen LogP contribution in [0.2, 0.25) is 0 Å². The fraction of sp³-hybridized carbons (Fsp3) is 0.643. The molecule has 0 aliphatic carbocycles. The minimum atomic E-state index is 0.296. The van der Waals surface area contributed by atoms with Crippen LogP contribution in [-0.4, -0.2) is 12.8 Å². The van der Waals surface area contributed by atoms with E-state index in [9.17, 15) is 0 Å². The van der Waals surface area contributed by atoms with Gasteiger partial charge in [0.2, 0.25) is 0 Å². The highest BCUT2D eigenvalue weighted by atomic mass is 14.7. The van der Waals surface area contributed by atoms with E-state index in [4.69, 9.17) is 0 Å². The van der Waals surface area contributed by atoms with Gasteiger partial charge in [-0.3, -0.25) is 4.99 Å². The molecule has 2 unspecified atom stereocenters. The van der Waals surface area contributed by atoms with E-state index in [0.29, 0.717) is 17.9 Å². The lowest BCUT2D eigenvalue weighted by Crippen LogP contribution is -2.17. The first-order valence-electron chi connectivity index (χ1n) is 5.71. The zero-order chi connectivity index (χ0) is 12.0. The lowest BCUT2D eigenvalue weighted by molar-refractivity contribution is 0.506. The number of allylic oxidation sites excluding steroid dienone is 3. The van der Waals surface area contributed by atoms with Crippen LogP contribution in [0.15, 0.2) is 28.3 Å². The predicted octanol–water partition coefficient (Wildman–Crippen LogP) is 4.26. The third-order valence-electron chi connectivity index (χ3n) is 2.81. The first-order valence-corrected chi connectivity index (χ1v) is 5.71. The molecule has 0 bridgehead atoms. The van der Waals surface area contributed by atoms with Gasteiger partial charge in [-0.1, -0.05) is 44.1 Å². The van der Waals surface area contributed by atoms with Crippen LogP contribution >= 0.6 is 0 Å². The third kappa shape index (κ3) is 4.96. The molecule has 2 atom stereocenters. The Morgan fingerprint density at radius 1 is 1.07 bits per heavy atom. The van der Waals surface area contributed by atoms with Crippen molar-refractivity contribution in [3.8, 4) is 0 Å². The normalized spacial score (nSPS) is 16.1. The van der Waals surface area contributed by atoms with Gasteiger partial charge >= 0.3 is 0 Å². The SMILES string of the molecule is C=NC(C)C(C)/C(=C/C=C(C)C)C(C)C. The molecule has 0 amide bonds. The molecule has 0 saturated heterocycles. The van der Waals surface area contributed by atoms with E-state index < -0.39 is 0 Å². The van der Waals surface area contributed by atoms with Crippen LogP contribution in [0.1, 0.15) is 41.5 Å². The summed E-state index contributed by atoms with van der Waals surface area (Å²) < 4.78 is 0. The van der Waals surface area contributed by atoms with Crippen molar-refractivity contribution in [1.82, 2.24) is 0 Å². The minimum Gasteiger partial charge on any atom is -0.297 e. The zero-order valence-corrected chi connectivity index (χ0v) is 11.0. The van der Waals surface area contributed by atoms with Crippen LogP contribution in [0.5, 0.6) is 0 Å². The second-order valence-corrected chi connectivity index (χ2v) is 4.78. The third-order valence-corrected chi connectivity index (χ3v) is 2.81. The molecule has 0 aliphatic heterocycles. The molecule has 0 spiro atoms. The second kappa shape index (κ2) is 6.60. The Balaban J connectivity index is 4.89. The summed E-state index contributed by atoms with van der Waals surface area (Å²) in [5.41, 5.74) is 2.79. The summed E-state index contributed by atoms with van der Waals surface area (Å²) in [6, 6.07) is 0.296. The van der Waals surface area contributed by atoms with Gasteiger partial charge in [-0.2, -0.15) is 0 Å². The van der Waals surface area contributed by atoms with Crippen molar-refractivity contribution in [1.29, 1.82) is 0 Å². The Morgan fingerprint density at radius 3 is 1.93 bits per heavy atom. The molecule has 0 aromatic rings. The summed E-state index contributed by atoms with van der Waals surface area (Å²) in [7, 11) is 0. The zero-order valence-electron chi connectivity index (χ0n) is 11.0. The Morgan fingerprint density at radius 2 is 1.60 bits per heavy atom. The number of hydrogen-bond donors (Lipinski definition) is 0. The van der Waals surface area contributed by atoms with Crippen LogP contribution in [0.3, 0.4) is 0 Å². The second-order valence-electron chi connectivity index (χ2n) is 4.78. The van der Waals surface area contributed by atoms with Crippen molar-refractivity contribution < 1.29 is 0 Å². The Hall–Kier alpha value is -0.850. The van der Waals surface area contributed by atoms with E-state index in [-0.39, 0.29) is 0 Å². The molecular weight excluding hydrogens is 182 g/mol. The standard InChI is InChI=1S/C14H25N/c1-10(2)8-9-14(11(3)4)12(5)13(6)15-7/h8-9,11-13H,7H2,1-6H3/b14-9+. The van der Waals surface area contributed by atoms with Gasteiger partial charge in [0.05, 0.1) is 6.04 Å². The topological polar surface area (TPSA) is 12.4 Å². The monoisotopic (exact) mass is 207 g/mol. The van der Waals surface area contributed by atoms with E-state index >= 15 is 0 Å². The highest BCUT2D eigenvalue weighted by molar-refractivity contribution is 5.26. The molecule has 0 aromatic carbocycles. The van der Waals surface area contributed by atoms with E-state index in [1.807, 2.05) is 0 Å². The summed E-state index contributed by atoms with van der Waals surface area (Å²) in [6.07, 6.45) is 4.42. The van der Waals surface area contributed by atoms with Gasteiger partial charge in [0, 0.05) is 0 Å². The Bertz CT molecular complexity index is 255. The van der Waals surface area contributed by atoms with Crippen molar-refractivity contribution in [2.75, 3.05) is 0 Å². The van der Waals surface area contributed by atoms with Crippen molar-refractivity contribution in [2.45, 2.75) is 47.6 Å². The van der Waals surface area contributed by atoms with Crippen LogP contribution in [0.25, 0.3) is 0 Å². The summed E-state index contributed by atoms with van der Waals surface area (Å²) in [4.78, 5) is 4.11. The summed E-state index contributed by atoms with van der Waals surface area (Å²) in [6.45, 7) is 16.7. The molecular formula is C14H25N. The van der Waals surface area contributed by atoms with Gasteiger partial charge in [0.25, 0.3) is 0 Å². The first-order chi connectivity index (χ1) is 6.90.